The van der Waals surface area contributed by atoms with E-state index in [0.717, 1.165) is 5.70 Å². The van der Waals surface area contributed by atoms with Gasteiger partial charge < -0.3 is 0 Å². The van der Waals surface area contributed by atoms with Gasteiger partial charge in [0.2, 0.25) is 0 Å². The van der Waals surface area contributed by atoms with E-state index >= 15 is 0 Å². The van der Waals surface area contributed by atoms with Gasteiger partial charge in [0.25, 0.3) is 0 Å². The zero-order valence-corrected chi connectivity index (χ0v) is 7.83. The molecule has 0 aromatic carbocycles. The molecule has 0 amide bonds. The van der Waals surface area contributed by atoms with Crippen molar-refractivity contribution in [3.63, 3.8) is 0 Å². The van der Waals surface area contributed by atoms with Crippen LogP contribution in [-0.4, -0.2) is 11.1 Å². The molecule has 1 heterocycles. The van der Waals surface area contributed by atoms with Gasteiger partial charge in [0.05, 0.1) is 0 Å². The zero-order valence-electron chi connectivity index (χ0n) is 7.01. The lowest BCUT2D eigenvalue weighted by molar-refractivity contribution is 1.10. The second kappa shape index (κ2) is 3.13. The standard InChI is InChI=1S/C8H12N2S/c1-4-5-7-8(10-9)6(2)11(7)3/h4-5,9H,1-3H3/b5-4-,10-9?. The van der Waals surface area contributed by atoms with Crippen LogP contribution >= 0.6 is 10.5 Å². The van der Waals surface area contributed by atoms with E-state index in [2.05, 4.69) is 11.4 Å². The number of allylic oxidation sites excluding steroid dienone is 3. The van der Waals surface area contributed by atoms with Gasteiger partial charge in [0, 0.05) is 9.77 Å². The first kappa shape index (κ1) is 8.40. The van der Waals surface area contributed by atoms with E-state index in [9.17, 15) is 0 Å². The molecule has 1 aliphatic heterocycles. The fraction of sp³-hybridized carbons (Fsp3) is 0.375. The Kier molecular flexibility index (Phi) is 2.39. The summed E-state index contributed by atoms with van der Waals surface area (Å²) in [5.41, 5.74) is 7.79. The number of rotatable bonds is 2. The number of nitrogens with zero attached hydrogens (tertiary/aromatic N) is 1. The molecule has 0 fully saturated rings. The molecule has 0 spiro atoms. The monoisotopic (exact) mass is 168 g/mol. The van der Waals surface area contributed by atoms with Gasteiger partial charge >= 0.3 is 0 Å². The largest absolute Gasteiger partial charge is 0.204 e. The van der Waals surface area contributed by atoms with Crippen molar-refractivity contribution >= 4 is 15.3 Å². The molecular formula is C8H12N2S. The van der Waals surface area contributed by atoms with Crippen LogP contribution in [0.4, 0.5) is 0 Å². The molecule has 0 radical (unpaired) electrons. The summed E-state index contributed by atoms with van der Waals surface area (Å²) in [4.78, 5) is 2.48. The molecule has 0 saturated carbocycles. The van der Waals surface area contributed by atoms with Gasteiger partial charge in [-0.3, -0.25) is 0 Å². The quantitative estimate of drug-likeness (QED) is 0.374. The van der Waals surface area contributed by atoms with E-state index < -0.39 is 0 Å². The molecule has 1 unspecified atom stereocenters. The fourth-order valence-electron chi connectivity index (χ4n) is 1.05. The highest BCUT2D eigenvalue weighted by atomic mass is 32.2. The third kappa shape index (κ3) is 1.20. The summed E-state index contributed by atoms with van der Waals surface area (Å²) in [6, 6.07) is 0. The lowest BCUT2D eigenvalue weighted by atomic mass is 10.3. The van der Waals surface area contributed by atoms with Crippen LogP contribution in [-0.2, 0) is 0 Å². The van der Waals surface area contributed by atoms with E-state index in [1.807, 2.05) is 26.0 Å². The summed E-state index contributed by atoms with van der Waals surface area (Å²) in [6.45, 7) is 4.03. The second-order valence-corrected chi connectivity index (χ2v) is 4.46. The van der Waals surface area contributed by atoms with Crippen molar-refractivity contribution < 1.29 is 0 Å². The van der Waals surface area contributed by atoms with E-state index in [1.54, 1.807) is 0 Å². The topological polar surface area (TPSA) is 36.2 Å². The first-order valence-corrected chi connectivity index (χ1v) is 5.10. The Bertz CT molecular complexity index is 284. The van der Waals surface area contributed by atoms with Crippen LogP contribution in [0.5, 0.6) is 0 Å². The lowest BCUT2D eigenvalue weighted by Crippen LogP contribution is -2.08. The third-order valence-electron chi connectivity index (χ3n) is 1.79. The molecule has 1 aliphatic rings. The van der Waals surface area contributed by atoms with Crippen molar-refractivity contribution in [2.45, 2.75) is 13.8 Å². The second-order valence-electron chi connectivity index (χ2n) is 2.39. The minimum Gasteiger partial charge on any atom is -0.204 e. The molecule has 0 bridgehead atoms. The molecule has 1 N–H and O–H groups in total. The van der Waals surface area contributed by atoms with E-state index in [0.29, 0.717) is 0 Å². The summed E-state index contributed by atoms with van der Waals surface area (Å²) < 4.78 is 0. The number of hydrogen-bond acceptors (Lipinski definition) is 2. The van der Waals surface area contributed by atoms with E-state index in [1.165, 1.54) is 9.77 Å². The van der Waals surface area contributed by atoms with Gasteiger partial charge in [-0.1, -0.05) is 12.2 Å². The van der Waals surface area contributed by atoms with Crippen LogP contribution in [0, 0.1) is 5.53 Å². The van der Waals surface area contributed by atoms with Crippen molar-refractivity contribution in [1.82, 2.24) is 0 Å². The van der Waals surface area contributed by atoms with Crippen LogP contribution in [0.25, 0.3) is 0 Å². The van der Waals surface area contributed by atoms with Crippen LogP contribution in [0.1, 0.15) is 13.8 Å². The molecule has 0 saturated heterocycles. The maximum atomic E-state index is 6.91. The highest BCUT2D eigenvalue weighted by molar-refractivity contribution is 8.20. The maximum Gasteiger partial charge on any atom is 0.107 e. The predicted octanol–water partition coefficient (Wildman–Crippen LogP) is 2.91. The minimum atomic E-state index is 0.241. The summed E-state index contributed by atoms with van der Waals surface area (Å²) in [5.74, 6) is 0. The number of nitrogens with one attached hydrogen (secondary N) is 1. The molecular weight excluding hydrogens is 156 g/mol. The molecule has 60 valence electrons. The van der Waals surface area contributed by atoms with Crippen molar-refractivity contribution in [3.8, 4) is 0 Å². The van der Waals surface area contributed by atoms with Gasteiger partial charge in [-0.2, -0.15) is 15.6 Å². The van der Waals surface area contributed by atoms with Gasteiger partial charge in [-0.25, -0.2) is 5.53 Å². The molecule has 2 nitrogen and oxygen atoms in total. The predicted molar refractivity (Wildman–Crippen MR) is 51.2 cm³/mol. The average molecular weight is 168 g/mol. The fourth-order valence-corrected chi connectivity index (χ4v) is 2.50. The molecule has 1 rings (SSSR count). The molecule has 11 heavy (non-hydrogen) atoms. The van der Waals surface area contributed by atoms with Gasteiger partial charge in [-0.05, 0) is 20.1 Å². The Morgan fingerprint density at radius 3 is 2.64 bits per heavy atom. The summed E-state index contributed by atoms with van der Waals surface area (Å²) in [7, 11) is 0.241. The van der Waals surface area contributed by atoms with Gasteiger partial charge in [-0.15, -0.1) is 0 Å². The Labute approximate surface area is 69.4 Å². The van der Waals surface area contributed by atoms with Gasteiger partial charge in [0.15, 0.2) is 0 Å². The molecule has 1 atom stereocenters. The van der Waals surface area contributed by atoms with Crippen LogP contribution in [0.3, 0.4) is 0 Å². The lowest BCUT2D eigenvalue weighted by Gasteiger charge is -2.21. The van der Waals surface area contributed by atoms with Crippen molar-refractivity contribution in [3.05, 3.63) is 22.8 Å². The summed E-state index contributed by atoms with van der Waals surface area (Å²) in [5, 5.41) is 3.47. The Balaban J connectivity index is 2.92. The van der Waals surface area contributed by atoms with Crippen LogP contribution in [0.2, 0.25) is 0 Å². The van der Waals surface area contributed by atoms with Crippen molar-refractivity contribution in [1.29, 1.82) is 5.53 Å². The van der Waals surface area contributed by atoms with Crippen molar-refractivity contribution in [2.24, 2.45) is 5.11 Å². The van der Waals surface area contributed by atoms with E-state index in [4.69, 9.17) is 5.53 Å². The smallest absolute Gasteiger partial charge is 0.107 e. The minimum absolute atomic E-state index is 0.241. The molecule has 0 aliphatic carbocycles. The molecule has 0 aromatic heterocycles. The average Bonchev–Trinajstić information content (AvgIpc) is 2.04. The third-order valence-corrected chi connectivity index (χ3v) is 3.89. The Hall–Kier alpha value is -0.700. The Morgan fingerprint density at radius 1 is 1.55 bits per heavy atom. The normalized spacial score (nSPS) is 24.3. The van der Waals surface area contributed by atoms with E-state index in [-0.39, 0.29) is 10.5 Å². The molecule has 0 aromatic rings. The van der Waals surface area contributed by atoms with Crippen molar-refractivity contribution in [2.75, 3.05) is 6.26 Å². The summed E-state index contributed by atoms with van der Waals surface area (Å²) >= 11 is 0. The summed E-state index contributed by atoms with van der Waals surface area (Å²) in [6.07, 6.45) is 6.21. The highest BCUT2D eigenvalue weighted by Crippen LogP contribution is 2.38. The number of hydrogen-bond donors (Lipinski definition) is 1. The molecule has 3 heteroatoms. The zero-order chi connectivity index (χ0) is 8.43. The Morgan fingerprint density at radius 2 is 2.18 bits per heavy atom. The van der Waals surface area contributed by atoms with Crippen LogP contribution in [0.15, 0.2) is 27.9 Å². The first-order chi connectivity index (χ1) is 5.22. The first-order valence-electron chi connectivity index (χ1n) is 3.46. The van der Waals surface area contributed by atoms with Gasteiger partial charge in [0.1, 0.15) is 5.70 Å². The maximum absolute atomic E-state index is 6.91. The van der Waals surface area contributed by atoms with Crippen LogP contribution < -0.4 is 0 Å². The highest BCUT2D eigenvalue weighted by Gasteiger charge is 2.19. The SMILES string of the molecule is C/C=C\C1=S(C)C(C)=C1N=N.